The molecule has 4 aliphatic carbocycles. The zero-order valence-electron chi connectivity index (χ0n) is 14.1. The van der Waals surface area contributed by atoms with Gasteiger partial charge in [-0.2, -0.15) is 0 Å². The van der Waals surface area contributed by atoms with Gasteiger partial charge in [0.2, 0.25) is 0 Å². The maximum Gasteiger partial charge on any atom is 0.0235 e. The van der Waals surface area contributed by atoms with Crippen LogP contribution in [0.4, 0.5) is 0 Å². The summed E-state index contributed by atoms with van der Waals surface area (Å²) < 4.78 is 0. The summed E-state index contributed by atoms with van der Waals surface area (Å²) in [7, 11) is 0. The summed E-state index contributed by atoms with van der Waals surface area (Å²) in [6.45, 7) is 8.74. The molecule has 0 aromatic rings. The van der Waals surface area contributed by atoms with E-state index in [4.69, 9.17) is 0 Å². The molecule has 0 spiro atoms. The standard InChI is InChI=1S/C19H34N2/c1-3-6-21(18-4-5-20-13-18)14(2)19-10-15-7-16(11-19)9-17(8-15)12-19/h14-18,20H,3-13H2,1-2H3. The Labute approximate surface area is 131 Å². The minimum atomic E-state index is 0.687. The summed E-state index contributed by atoms with van der Waals surface area (Å²) in [6.07, 6.45) is 12.1. The van der Waals surface area contributed by atoms with E-state index in [0.717, 1.165) is 29.8 Å². The van der Waals surface area contributed by atoms with Crippen molar-refractivity contribution in [3.63, 3.8) is 0 Å². The van der Waals surface area contributed by atoms with Crippen molar-refractivity contribution >= 4 is 0 Å². The first kappa shape index (κ1) is 14.5. The molecule has 0 radical (unpaired) electrons. The average Bonchev–Trinajstić information content (AvgIpc) is 2.96. The van der Waals surface area contributed by atoms with Crippen LogP contribution in [0.1, 0.15) is 65.2 Å². The van der Waals surface area contributed by atoms with Gasteiger partial charge in [-0.15, -0.1) is 0 Å². The van der Waals surface area contributed by atoms with Crippen molar-refractivity contribution in [1.82, 2.24) is 10.2 Å². The smallest absolute Gasteiger partial charge is 0.0235 e. The summed E-state index contributed by atoms with van der Waals surface area (Å²) in [6, 6.07) is 1.63. The highest BCUT2D eigenvalue weighted by atomic mass is 15.2. The molecule has 1 N–H and O–H groups in total. The topological polar surface area (TPSA) is 15.3 Å². The van der Waals surface area contributed by atoms with Gasteiger partial charge in [-0.3, -0.25) is 4.90 Å². The second-order valence-electron chi connectivity index (χ2n) is 8.84. The van der Waals surface area contributed by atoms with Gasteiger partial charge >= 0.3 is 0 Å². The predicted octanol–water partition coefficient (Wildman–Crippen LogP) is 3.67. The van der Waals surface area contributed by atoms with E-state index in [1.54, 1.807) is 38.5 Å². The second kappa shape index (κ2) is 5.53. The van der Waals surface area contributed by atoms with Crippen molar-refractivity contribution in [2.75, 3.05) is 19.6 Å². The molecule has 120 valence electrons. The van der Waals surface area contributed by atoms with Gasteiger partial charge < -0.3 is 5.32 Å². The molecule has 5 aliphatic rings. The van der Waals surface area contributed by atoms with Crippen molar-refractivity contribution in [3.05, 3.63) is 0 Å². The Morgan fingerprint density at radius 1 is 1.10 bits per heavy atom. The van der Waals surface area contributed by atoms with E-state index in [-0.39, 0.29) is 0 Å². The number of nitrogens with one attached hydrogen (secondary N) is 1. The van der Waals surface area contributed by atoms with Gasteiger partial charge in [0.1, 0.15) is 0 Å². The van der Waals surface area contributed by atoms with E-state index >= 15 is 0 Å². The van der Waals surface area contributed by atoms with E-state index in [0.29, 0.717) is 5.41 Å². The Morgan fingerprint density at radius 3 is 2.19 bits per heavy atom. The molecule has 2 atom stereocenters. The van der Waals surface area contributed by atoms with Crippen LogP contribution in [0.15, 0.2) is 0 Å². The highest BCUT2D eigenvalue weighted by molar-refractivity contribution is 5.06. The molecule has 2 unspecified atom stereocenters. The highest BCUT2D eigenvalue weighted by Crippen LogP contribution is 2.62. The first-order chi connectivity index (χ1) is 10.2. The Morgan fingerprint density at radius 2 is 1.71 bits per heavy atom. The third kappa shape index (κ3) is 2.47. The van der Waals surface area contributed by atoms with Crippen LogP contribution < -0.4 is 5.32 Å². The van der Waals surface area contributed by atoms with Crippen molar-refractivity contribution in [2.24, 2.45) is 23.2 Å². The lowest BCUT2D eigenvalue weighted by atomic mass is 9.47. The molecule has 4 saturated carbocycles. The van der Waals surface area contributed by atoms with Gasteiger partial charge in [0.25, 0.3) is 0 Å². The summed E-state index contributed by atoms with van der Waals surface area (Å²) >= 11 is 0. The van der Waals surface area contributed by atoms with Gasteiger partial charge in [0, 0.05) is 18.6 Å². The van der Waals surface area contributed by atoms with Crippen molar-refractivity contribution < 1.29 is 0 Å². The molecule has 4 bridgehead atoms. The fourth-order valence-electron chi connectivity index (χ4n) is 6.91. The molecule has 5 rings (SSSR count). The third-order valence-corrected chi connectivity index (χ3v) is 7.45. The molecule has 0 aromatic heterocycles. The van der Waals surface area contributed by atoms with Crippen molar-refractivity contribution in [2.45, 2.75) is 77.3 Å². The molecular formula is C19H34N2. The quantitative estimate of drug-likeness (QED) is 0.831. The number of rotatable bonds is 5. The van der Waals surface area contributed by atoms with Crippen LogP contribution in [0.25, 0.3) is 0 Å². The molecule has 1 saturated heterocycles. The number of nitrogens with zero attached hydrogens (tertiary/aromatic N) is 1. The van der Waals surface area contributed by atoms with Crippen LogP contribution in [0.2, 0.25) is 0 Å². The van der Waals surface area contributed by atoms with Gasteiger partial charge in [-0.05, 0) is 94.5 Å². The monoisotopic (exact) mass is 290 g/mol. The highest BCUT2D eigenvalue weighted by Gasteiger charge is 2.54. The van der Waals surface area contributed by atoms with Crippen LogP contribution in [0.3, 0.4) is 0 Å². The fraction of sp³-hybridized carbons (Fsp3) is 1.00. The Balaban J connectivity index is 1.55. The SMILES string of the molecule is CCCN(C1CCNC1)C(C)C12CC3CC(CC(C3)C1)C2. The van der Waals surface area contributed by atoms with Gasteiger partial charge in [-0.25, -0.2) is 0 Å². The van der Waals surface area contributed by atoms with Gasteiger partial charge in [0.05, 0.1) is 0 Å². The Bertz CT molecular complexity index is 336. The molecule has 21 heavy (non-hydrogen) atoms. The Kier molecular flexibility index (Phi) is 3.82. The van der Waals surface area contributed by atoms with E-state index < -0.39 is 0 Å². The molecule has 0 amide bonds. The molecule has 1 aliphatic heterocycles. The fourth-order valence-corrected chi connectivity index (χ4v) is 6.91. The summed E-state index contributed by atoms with van der Waals surface area (Å²) in [5.41, 5.74) is 0.687. The van der Waals surface area contributed by atoms with Crippen LogP contribution in [-0.4, -0.2) is 36.6 Å². The van der Waals surface area contributed by atoms with E-state index in [9.17, 15) is 0 Å². The van der Waals surface area contributed by atoms with E-state index in [1.165, 1.54) is 32.5 Å². The molecule has 2 heteroatoms. The first-order valence-corrected chi connectivity index (χ1v) is 9.66. The minimum Gasteiger partial charge on any atom is -0.315 e. The zero-order chi connectivity index (χ0) is 14.4. The van der Waals surface area contributed by atoms with Crippen molar-refractivity contribution in [3.8, 4) is 0 Å². The maximum absolute atomic E-state index is 3.60. The van der Waals surface area contributed by atoms with E-state index in [1.807, 2.05) is 0 Å². The molecule has 0 aromatic carbocycles. The van der Waals surface area contributed by atoms with E-state index in [2.05, 4.69) is 24.1 Å². The van der Waals surface area contributed by atoms with Crippen LogP contribution in [0.5, 0.6) is 0 Å². The number of hydrogen-bond donors (Lipinski definition) is 1. The lowest BCUT2D eigenvalue weighted by molar-refractivity contribution is -0.103. The van der Waals surface area contributed by atoms with Crippen LogP contribution >= 0.6 is 0 Å². The number of hydrogen-bond acceptors (Lipinski definition) is 2. The molecule has 5 fully saturated rings. The van der Waals surface area contributed by atoms with Gasteiger partial charge in [0.15, 0.2) is 0 Å². The van der Waals surface area contributed by atoms with Crippen molar-refractivity contribution in [1.29, 1.82) is 0 Å². The summed E-state index contributed by atoms with van der Waals surface area (Å²) in [4.78, 5) is 2.92. The predicted molar refractivity (Wildman–Crippen MR) is 88.3 cm³/mol. The summed E-state index contributed by atoms with van der Waals surface area (Å²) in [5.74, 6) is 3.26. The lowest BCUT2D eigenvalue weighted by Crippen LogP contribution is -2.58. The molecule has 1 heterocycles. The second-order valence-corrected chi connectivity index (χ2v) is 8.84. The maximum atomic E-state index is 3.60. The molecule has 2 nitrogen and oxygen atoms in total. The third-order valence-electron chi connectivity index (χ3n) is 7.45. The van der Waals surface area contributed by atoms with Gasteiger partial charge in [-0.1, -0.05) is 6.92 Å². The zero-order valence-corrected chi connectivity index (χ0v) is 14.1. The Hall–Kier alpha value is -0.0800. The summed E-state index contributed by atoms with van der Waals surface area (Å²) in [5, 5.41) is 3.60. The average molecular weight is 290 g/mol. The van der Waals surface area contributed by atoms with Crippen LogP contribution in [0, 0.1) is 23.2 Å². The normalized spacial score (nSPS) is 46.4. The van der Waals surface area contributed by atoms with Crippen LogP contribution in [-0.2, 0) is 0 Å². The molecular weight excluding hydrogens is 256 g/mol. The largest absolute Gasteiger partial charge is 0.315 e. The first-order valence-electron chi connectivity index (χ1n) is 9.66. The lowest BCUT2D eigenvalue weighted by Gasteiger charge is -2.61. The minimum absolute atomic E-state index is 0.687.